The van der Waals surface area contributed by atoms with Gasteiger partial charge in [0, 0.05) is 42.7 Å². The van der Waals surface area contributed by atoms with Gasteiger partial charge in [-0.05, 0) is 25.5 Å². The first-order chi connectivity index (χ1) is 9.00. The van der Waals surface area contributed by atoms with Gasteiger partial charge in [0.1, 0.15) is 0 Å². The Balaban J connectivity index is 2.19. The number of benzene rings is 1. The third kappa shape index (κ3) is 2.79. The third-order valence-corrected chi connectivity index (χ3v) is 3.63. The summed E-state index contributed by atoms with van der Waals surface area (Å²) in [5.74, 6) is -0.270. The number of carbonyl (C=O) groups is 1. The average molecular weight is 259 g/mol. The second-order valence-electron chi connectivity index (χ2n) is 5.10. The lowest BCUT2D eigenvalue weighted by Gasteiger charge is -2.13. The van der Waals surface area contributed by atoms with Crippen molar-refractivity contribution in [2.75, 3.05) is 0 Å². The van der Waals surface area contributed by atoms with Crippen LogP contribution in [-0.2, 0) is 18.4 Å². The van der Waals surface area contributed by atoms with Crippen molar-refractivity contribution in [1.82, 2.24) is 9.88 Å². The second-order valence-corrected chi connectivity index (χ2v) is 5.10. The molecule has 1 amide bonds. The summed E-state index contributed by atoms with van der Waals surface area (Å²) in [6.45, 7) is 4.85. The smallest absolute Gasteiger partial charge is 0.218 e. The van der Waals surface area contributed by atoms with Crippen molar-refractivity contribution >= 4 is 16.8 Å². The first kappa shape index (κ1) is 13.6. The molecule has 0 aliphatic rings. The number of primary amides is 1. The lowest BCUT2D eigenvalue weighted by Crippen LogP contribution is -2.31. The minimum absolute atomic E-state index is 0.0925. The lowest BCUT2D eigenvalue weighted by molar-refractivity contribution is -0.118. The molecule has 1 unspecified atom stereocenters. The van der Waals surface area contributed by atoms with E-state index in [9.17, 15) is 4.79 Å². The van der Waals surface area contributed by atoms with Crippen LogP contribution in [0.4, 0.5) is 0 Å². The molecule has 0 aliphatic carbocycles. The van der Waals surface area contributed by atoms with Crippen LogP contribution in [0.3, 0.4) is 0 Å². The van der Waals surface area contributed by atoms with Gasteiger partial charge in [0.05, 0.1) is 0 Å². The van der Waals surface area contributed by atoms with Crippen LogP contribution in [0.2, 0.25) is 0 Å². The molecular weight excluding hydrogens is 238 g/mol. The Bertz CT molecular complexity index is 562. The molecule has 0 saturated carbocycles. The molecule has 102 valence electrons. The number of hydrogen-bond acceptors (Lipinski definition) is 2. The minimum Gasteiger partial charge on any atom is -0.370 e. The molecule has 0 fully saturated rings. The topological polar surface area (TPSA) is 60.0 Å². The van der Waals surface area contributed by atoms with Crippen molar-refractivity contribution in [1.29, 1.82) is 0 Å². The van der Waals surface area contributed by atoms with Crippen molar-refractivity contribution in [3.8, 4) is 0 Å². The molecule has 0 spiro atoms. The number of carbonyl (C=O) groups excluding carboxylic acids is 1. The minimum atomic E-state index is -0.270. The van der Waals surface area contributed by atoms with E-state index in [-0.39, 0.29) is 11.9 Å². The maximum absolute atomic E-state index is 10.9. The molecule has 1 atom stereocenters. The van der Waals surface area contributed by atoms with E-state index in [2.05, 4.69) is 48.1 Å². The Morgan fingerprint density at radius 1 is 1.42 bits per heavy atom. The van der Waals surface area contributed by atoms with Gasteiger partial charge in [-0.3, -0.25) is 4.79 Å². The Kier molecular flexibility index (Phi) is 3.90. The van der Waals surface area contributed by atoms with Crippen LogP contribution < -0.4 is 11.1 Å². The fourth-order valence-corrected chi connectivity index (χ4v) is 2.53. The van der Waals surface area contributed by atoms with Crippen LogP contribution in [0.5, 0.6) is 0 Å². The summed E-state index contributed by atoms with van der Waals surface area (Å²) in [5, 5.41) is 4.63. The molecule has 1 heterocycles. The molecule has 1 aromatic carbocycles. The number of amides is 1. The molecule has 4 nitrogen and oxygen atoms in total. The summed E-state index contributed by atoms with van der Waals surface area (Å²) in [6, 6.07) is 8.46. The molecule has 0 aliphatic heterocycles. The summed E-state index contributed by atoms with van der Waals surface area (Å²) in [4.78, 5) is 10.9. The second kappa shape index (κ2) is 5.45. The van der Waals surface area contributed by atoms with Crippen molar-refractivity contribution in [2.45, 2.75) is 32.9 Å². The fourth-order valence-electron chi connectivity index (χ4n) is 2.53. The summed E-state index contributed by atoms with van der Waals surface area (Å²) in [6.07, 6.45) is 0.364. The molecule has 4 heteroatoms. The number of para-hydroxylation sites is 1. The van der Waals surface area contributed by atoms with Crippen molar-refractivity contribution in [2.24, 2.45) is 12.8 Å². The lowest BCUT2D eigenvalue weighted by atomic mass is 10.1. The Morgan fingerprint density at radius 3 is 2.74 bits per heavy atom. The van der Waals surface area contributed by atoms with Crippen LogP contribution in [0.15, 0.2) is 24.3 Å². The quantitative estimate of drug-likeness (QED) is 0.860. The standard InChI is InChI=1S/C15H21N3O/c1-10(8-15(16)19)17-9-14-11(2)12-6-4-5-7-13(12)18(14)3/h4-7,10,17H,8-9H2,1-3H3,(H2,16,19). The Hall–Kier alpha value is -1.81. The molecule has 3 N–H and O–H groups in total. The van der Waals surface area contributed by atoms with E-state index in [0.717, 1.165) is 6.54 Å². The van der Waals surface area contributed by atoms with E-state index in [1.165, 1.54) is 22.2 Å². The number of fused-ring (bicyclic) bond motifs is 1. The van der Waals surface area contributed by atoms with E-state index >= 15 is 0 Å². The van der Waals surface area contributed by atoms with Crippen molar-refractivity contribution in [3.05, 3.63) is 35.5 Å². The van der Waals surface area contributed by atoms with Gasteiger partial charge in [-0.1, -0.05) is 18.2 Å². The zero-order valence-electron chi connectivity index (χ0n) is 11.7. The summed E-state index contributed by atoms with van der Waals surface area (Å²) in [5.41, 5.74) is 8.97. The van der Waals surface area contributed by atoms with Crippen LogP contribution >= 0.6 is 0 Å². The fraction of sp³-hybridized carbons (Fsp3) is 0.400. The number of nitrogens with one attached hydrogen (secondary N) is 1. The monoisotopic (exact) mass is 259 g/mol. The van der Waals surface area contributed by atoms with Crippen LogP contribution in [0, 0.1) is 6.92 Å². The predicted octanol–water partition coefficient (Wildman–Crippen LogP) is 1.84. The van der Waals surface area contributed by atoms with Crippen LogP contribution in [0.25, 0.3) is 10.9 Å². The van der Waals surface area contributed by atoms with E-state index < -0.39 is 0 Å². The predicted molar refractivity (Wildman–Crippen MR) is 77.8 cm³/mol. The number of aromatic nitrogens is 1. The van der Waals surface area contributed by atoms with Gasteiger partial charge in [0.25, 0.3) is 0 Å². The molecule has 2 aromatic rings. The highest BCUT2D eigenvalue weighted by Crippen LogP contribution is 2.24. The molecular formula is C15H21N3O. The van der Waals surface area contributed by atoms with Gasteiger partial charge in [0.15, 0.2) is 0 Å². The van der Waals surface area contributed by atoms with Gasteiger partial charge >= 0.3 is 0 Å². The summed E-state index contributed by atoms with van der Waals surface area (Å²) in [7, 11) is 2.07. The van der Waals surface area contributed by atoms with Crippen LogP contribution in [-0.4, -0.2) is 16.5 Å². The summed E-state index contributed by atoms with van der Waals surface area (Å²) < 4.78 is 2.20. The molecule has 19 heavy (non-hydrogen) atoms. The number of nitrogens with zero attached hydrogens (tertiary/aromatic N) is 1. The van der Waals surface area contributed by atoms with Gasteiger partial charge in [-0.15, -0.1) is 0 Å². The normalized spacial score (nSPS) is 12.8. The van der Waals surface area contributed by atoms with E-state index in [1.807, 2.05) is 6.92 Å². The number of aryl methyl sites for hydroxylation is 2. The van der Waals surface area contributed by atoms with E-state index in [1.54, 1.807) is 0 Å². The first-order valence-electron chi connectivity index (χ1n) is 6.55. The van der Waals surface area contributed by atoms with Crippen molar-refractivity contribution < 1.29 is 4.79 Å². The SMILES string of the molecule is Cc1c(CNC(C)CC(N)=O)n(C)c2ccccc12. The maximum Gasteiger partial charge on any atom is 0.218 e. The number of hydrogen-bond donors (Lipinski definition) is 2. The number of rotatable bonds is 5. The highest BCUT2D eigenvalue weighted by Gasteiger charge is 2.12. The van der Waals surface area contributed by atoms with Gasteiger partial charge in [-0.2, -0.15) is 0 Å². The molecule has 2 rings (SSSR count). The number of nitrogens with two attached hydrogens (primary N) is 1. The molecule has 1 aromatic heterocycles. The Labute approximate surface area is 113 Å². The third-order valence-electron chi connectivity index (χ3n) is 3.63. The zero-order chi connectivity index (χ0) is 14.0. The maximum atomic E-state index is 10.9. The van der Waals surface area contributed by atoms with Gasteiger partial charge in [0.2, 0.25) is 5.91 Å². The molecule has 0 radical (unpaired) electrons. The average Bonchev–Trinajstić information content (AvgIpc) is 2.60. The molecule has 0 bridgehead atoms. The van der Waals surface area contributed by atoms with Gasteiger partial charge in [-0.25, -0.2) is 0 Å². The Morgan fingerprint density at radius 2 is 2.11 bits per heavy atom. The van der Waals surface area contributed by atoms with Crippen LogP contribution in [0.1, 0.15) is 24.6 Å². The van der Waals surface area contributed by atoms with Crippen molar-refractivity contribution in [3.63, 3.8) is 0 Å². The first-order valence-corrected chi connectivity index (χ1v) is 6.55. The summed E-state index contributed by atoms with van der Waals surface area (Å²) >= 11 is 0. The van der Waals surface area contributed by atoms with E-state index in [4.69, 9.17) is 5.73 Å². The largest absolute Gasteiger partial charge is 0.370 e. The van der Waals surface area contributed by atoms with E-state index in [0.29, 0.717) is 6.42 Å². The highest BCUT2D eigenvalue weighted by molar-refractivity contribution is 5.85. The van der Waals surface area contributed by atoms with Gasteiger partial charge < -0.3 is 15.6 Å². The zero-order valence-corrected chi connectivity index (χ0v) is 11.7. The highest BCUT2D eigenvalue weighted by atomic mass is 16.1. The molecule has 0 saturated heterocycles.